The van der Waals surface area contributed by atoms with Crippen LogP contribution in [0.2, 0.25) is 0 Å². The monoisotopic (exact) mass is 437 g/mol. The van der Waals surface area contributed by atoms with E-state index in [1.165, 1.54) is 6.07 Å². The van der Waals surface area contributed by atoms with E-state index in [1.807, 2.05) is 32.9 Å². The molecule has 0 fully saturated rings. The molecule has 0 aliphatic rings. The van der Waals surface area contributed by atoms with Crippen LogP contribution < -0.4 is 10.0 Å². The average Bonchev–Trinajstić information content (AvgIpc) is 2.70. The molecule has 0 radical (unpaired) electrons. The summed E-state index contributed by atoms with van der Waals surface area (Å²) in [6.07, 6.45) is 0.687. The maximum absolute atomic E-state index is 13.0. The topological polar surface area (TPSA) is 112 Å². The molecule has 1 aromatic carbocycles. The fourth-order valence-corrected chi connectivity index (χ4v) is 4.50. The number of aromatic nitrogens is 1. The second kappa shape index (κ2) is 10.5. The molecule has 4 N–H and O–H groups in total. The van der Waals surface area contributed by atoms with Gasteiger partial charge >= 0.3 is 0 Å². The molecule has 30 heavy (non-hydrogen) atoms. The molecule has 0 saturated carbocycles. The highest BCUT2D eigenvalue weighted by Gasteiger charge is 2.22. The minimum atomic E-state index is -3.80. The van der Waals surface area contributed by atoms with E-state index in [9.17, 15) is 18.6 Å². The second-order valence-electron chi connectivity index (χ2n) is 8.28. The molecule has 1 heterocycles. The lowest BCUT2D eigenvalue weighted by Gasteiger charge is -2.24. The predicted molar refractivity (Wildman–Crippen MR) is 121 cm³/mol. The lowest BCUT2D eigenvalue weighted by atomic mass is 9.99. The average molecular weight is 438 g/mol. The Bertz CT molecular complexity index is 947. The SMILES string of the molecule is CC[C@H](C)[C@@H](CO)Nc1cc(C)nc2c(S(=O)(=O)NCCC(O)C(C)C)cccc12. The normalized spacial score (nSPS) is 15.3. The van der Waals surface area contributed by atoms with E-state index in [4.69, 9.17) is 0 Å². The number of hydrogen-bond donors (Lipinski definition) is 4. The molecule has 3 atom stereocenters. The number of aryl methyl sites for hydroxylation is 1. The van der Waals surface area contributed by atoms with Gasteiger partial charge in [0.25, 0.3) is 0 Å². The molecule has 0 saturated heterocycles. The molecule has 2 rings (SSSR count). The summed E-state index contributed by atoms with van der Waals surface area (Å²) >= 11 is 0. The maximum Gasteiger partial charge on any atom is 0.242 e. The van der Waals surface area contributed by atoms with Crippen LogP contribution in [0.1, 0.15) is 46.2 Å². The third-order valence-electron chi connectivity index (χ3n) is 5.59. The summed E-state index contributed by atoms with van der Waals surface area (Å²) in [4.78, 5) is 4.61. The zero-order valence-corrected chi connectivity index (χ0v) is 19.3. The number of anilines is 1. The Morgan fingerprint density at radius 2 is 1.90 bits per heavy atom. The molecule has 0 amide bonds. The van der Waals surface area contributed by atoms with E-state index >= 15 is 0 Å². The highest BCUT2D eigenvalue weighted by Crippen LogP contribution is 2.29. The zero-order chi connectivity index (χ0) is 22.5. The van der Waals surface area contributed by atoms with E-state index < -0.39 is 16.1 Å². The van der Waals surface area contributed by atoms with Crippen molar-refractivity contribution in [3.63, 3.8) is 0 Å². The number of nitrogens with one attached hydrogen (secondary N) is 2. The molecule has 0 bridgehead atoms. The molecule has 0 aliphatic carbocycles. The Balaban J connectivity index is 2.40. The number of para-hydroxylation sites is 1. The van der Waals surface area contributed by atoms with Crippen molar-refractivity contribution in [2.45, 2.75) is 64.5 Å². The van der Waals surface area contributed by atoms with Crippen LogP contribution in [0.15, 0.2) is 29.2 Å². The third-order valence-corrected chi connectivity index (χ3v) is 7.08. The zero-order valence-electron chi connectivity index (χ0n) is 18.5. The Kier molecular flexibility index (Phi) is 8.61. The number of fused-ring (bicyclic) bond motifs is 1. The van der Waals surface area contributed by atoms with Gasteiger partial charge in [-0.15, -0.1) is 0 Å². The van der Waals surface area contributed by atoms with Gasteiger partial charge in [0, 0.05) is 23.3 Å². The first kappa shape index (κ1) is 24.5. The fraction of sp³-hybridized carbons (Fsp3) is 0.591. The number of rotatable bonds is 11. The number of nitrogens with zero attached hydrogens (tertiary/aromatic N) is 1. The molecule has 0 aliphatic heterocycles. The van der Waals surface area contributed by atoms with Gasteiger partial charge in [-0.05, 0) is 37.3 Å². The van der Waals surface area contributed by atoms with Crippen LogP contribution in [0, 0.1) is 18.8 Å². The number of aliphatic hydroxyl groups is 2. The lowest BCUT2D eigenvalue weighted by molar-refractivity contribution is 0.118. The van der Waals surface area contributed by atoms with Crippen molar-refractivity contribution in [3.8, 4) is 0 Å². The molecular weight excluding hydrogens is 402 g/mol. The molecule has 168 valence electrons. The molecule has 1 unspecified atom stereocenters. The van der Waals surface area contributed by atoms with Crippen LogP contribution >= 0.6 is 0 Å². The van der Waals surface area contributed by atoms with Gasteiger partial charge in [-0.1, -0.05) is 46.2 Å². The van der Waals surface area contributed by atoms with Gasteiger partial charge in [-0.3, -0.25) is 4.98 Å². The van der Waals surface area contributed by atoms with E-state index in [0.717, 1.165) is 12.1 Å². The van der Waals surface area contributed by atoms with Crippen LogP contribution in [-0.4, -0.2) is 48.9 Å². The van der Waals surface area contributed by atoms with Crippen LogP contribution in [0.3, 0.4) is 0 Å². The van der Waals surface area contributed by atoms with Crippen molar-refractivity contribution in [1.82, 2.24) is 9.71 Å². The van der Waals surface area contributed by atoms with E-state index in [0.29, 0.717) is 23.0 Å². The quantitative estimate of drug-likeness (QED) is 0.430. The fourth-order valence-electron chi connectivity index (χ4n) is 3.29. The Hall–Kier alpha value is -1.74. The minimum absolute atomic E-state index is 0.0183. The highest BCUT2D eigenvalue weighted by atomic mass is 32.2. The number of sulfonamides is 1. The van der Waals surface area contributed by atoms with Gasteiger partial charge in [0.1, 0.15) is 4.90 Å². The highest BCUT2D eigenvalue weighted by molar-refractivity contribution is 7.89. The van der Waals surface area contributed by atoms with E-state index in [1.54, 1.807) is 6.07 Å². The van der Waals surface area contributed by atoms with Crippen molar-refractivity contribution < 1.29 is 18.6 Å². The Morgan fingerprint density at radius 1 is 1.20 bits per heavy atom. The lowest BCUT2D eigenvalue weighted by Crippen LogP contribution is -2.31. The second-order valence-corrected chi connectivity index (χ2v) is 10.0. The summed E-state index contributed by atoms with van der Waals surface area (Å²) in [6, 6.07) is 6.79. The third kappa shape index (κ3) is 5.91. The van der Waals surface area contributed by atoms with Crippen LogP contribution in [-0.2, 0) is 10.0 Å². The van der Waals surface area contributed by atoms with E-state index in [2.05, 4.69) is 28.9 Å². The molecule has 7 nitrogen and oxygen atoms in total. The van der Waals surface area contributed by atoms with Gasteiger partial charge in [-0.25, -0.2) is 13.1 Å². The Morgan fingerprint density at radius 3 is 2.50 bits per heavy atom. The molecular formula is C22H35N3O4S. The van der Waals surface area contributed by atoms with Crippen molar-refractivity contribution >= 4 is 26.6 Å². The maximum atomic E-state index is 13.0. The number of pyridine rings is 1. The molecule has 2 aromatic rings. The number of aliphatic hydroxyl groups excluding tert-OH is 2. The summed E-state index contributed by atoms with van der Waals surface area (Å²) < 4.78 is 28.5. The van der Waals surface area contributed by atoms with Crippen LogP contribution in [0.25, 0.3) is 10.9 Å². The number of hydrogen-bond acceptors (Lipinski definition) is 6. The van der Waals surface area contributed by atoms with Gasteiger partial charge in [0.05, 0.1) is 24.3 Å². The van der Waals surface area contributed by atoms with Gasteiger partial charge < -0.3 is 15.5 Å². The smallest absolute Gasteiger partial charge is 0.242 e. The predicted octanol–water partition coefficient (Wildman–Crippen LogP) is 3.05. The van der Waals surface area contributed by atoms with Crippen molar-refractivity contribution in [2.75, 3.05) is 18.5 Å². The first-order chi connectivity index (χ1) is 14.1. The summed E-state index contributed by atoms with van der Waals surface area (Å²) in [6.45, 7) is 9.87. The van der Waals surface area contributed by atoms with Gasteiger partial charge in [-0.2, -0.15) is 0 Å². The van der Waals surface area contributed by atoms with Crippen molar-refractivity contribution in [3.05, 3.63) is 30.0 Å². The first-order valence-corrected chi connectivity index (χ1v) is 12.0. The first-order valence-electron chi connectivity index (χ1n) is 10.6. The summed E-state index contributed by atoms with van der Waals surface area (Å²) in [5.74, 6) is 0.314. The van der Waals surface area contributed by atoms with Gasteiger partial charge in [0.2, 0.25) is 10.0 Å². The molecule has 0 spiro atoms. The largest absolute Gasteiger partial charge is 0.394 e. The minimum Gasteiger partial charge on any atom is -0.394 e. The summed E-state index contributed by atoms with van der Waals surface area (Å²) in [7, 11) is -3.80. The molecule has 1 aromatic heterocycles. The molecule has 8 heteroatoms. The summed E-state index contributed by atoms with van der Waals surface area (Å²) in [5, 5.41) is 23.8. The van der Waals surface area contributed by atoms with E-state index in [-0.39, 0.29) is 35.9 Å². The van der Waals surface area contributed by atoms with Crippen molar-refractivity contribution in [2.24, 2.45) is 11.8 Å². The van der Waals surface area contributed by atoms with Crippen molar-refractivity contribution in [1.29, 1.82) is 0 Å². The summed E-state index contributed by atoms with van der Waals surface area (Å²) in [5.41, 5.74) is 1.82. The van der Waals surface area contributed by atoms with Crippen LogP contribution in [0.4, 0.5) is 5.69 Å². The van der Waals surface area contributed by atoms with Gasteiger partial charge in [0.15, 0.2) is 0 Å². The standard InChI is InChI=1S/C22H35N3O4S/c1-6-15(4)19(13-26)25-18-12-16(5)24-22-17(18)8-7-9-21(22)30(28,29)23-11-10-20(27)14(2)3/h7-9,12,14-15,19-20,23,26-27H,6,10-11,13H2,1-5H3,(H,24,25)/t15-,19+,20?/m0/s1. The number of benzene rings is 1. The van der Waals surface area contributed by atoms with Crippen LogP contribution in [0.5, 0.6) is 0 Å². The Labute approximate surface area is 180 Å².